The average molecular weight is 277 g/mol. The Hall–Kier alpha value is -2.81. The third kappa shape index (κ3) is 2.72. The van der Waals surface area contributed by atoms with Crippen LogP contribution >= 0.6 is 0 Å². The molecule has 0 unspecified atom stereocenters. The highest BCUT2D eigenvalue weighted by atomic mass is 19.1. The lowest BCUT2D eigenvalue weighted by atomic mass is 9.95. The van der Waals surface area contributed by atoms with Crippen LogP contribution in [0.3, 0.4) is 0 Å². The number of benzene rings is 2. The molecular weight excluding hydrogens is 265 g/mol. The van der Waals surface area contributed by atoms with Crippen molar-refractivity contribution in [1.29, 1.82) is 0 Å². The van der Waals surface area contributed by atoms with Crippen molar-refractivity contribution in [2.24, 2.45) is 0 Å². The van der Waals surface area contributed by atoms with E-state index in [2.05, 4.69) is 4.98 Å². The van der Waals surface area contributed by atoms with Crippen LogP contribution in [0.25, 0.3) is 11.1 Å². The maximum absolute atomic E-state index is 13.4. The minimum atomic E-state index is -0.326. The highest BCUT2D eigenvalue weighted by Gasteiger charge is 2.15. The van der Waals surface area contributed by atoms with Gasteiger partial charge in [-0.2, -0.15) is 0 Å². The van der Waals surface area contributed by atoms with Crippen LogP contribution in [-0.2, 0) is 0 Å². The Morgan fingerprint density at radius 3 is 2.48 bits per heavy atom. The molecule has 0 fully saturated rings. The summed E-state index contributed by atoms with van der Waals surface area (Å²) >= 11 is 0. The summed E-state index contributed by atoms with van der Waals surface area (Å²) in [6.07, 6.45) is 1.58. The molecule has 2 aromatic carbocycles. The molecule has 0 saturated carbocycles. The van der Waals surface area contributed by atoms with Gasteiger partial charge in [0.05, 0.1) is 0 Å². The Balaban J connectivity index is 2.11. The summed E-state index contributed by atoms with van der Waals surface area (Å²) in [5.74, 6) is -0.497. The summed E-state index contributed by atoms with van der Waals surface area (Å²) in [6, 6.07) is 18.6. The second-order valence-electron chi connectivity index (χ2n) is 4.60. The molecule has 1 aromatic heterocycles. The topological polar surface area (TPSA) is 30.0 Å². The maximum Gasteiger partial charge on any atom is 0.211 e. The zero-order valence-corrected chi connectivity index (χ0v) is 11.2. The fraction of sp³-hybridized carbons (Fsp3) is 0. The number of rotatable bonds is 3. The van der Waals surface area contributed by atoms with Crippen LogP contribution in [0, 0.1) is 5.82 Å². The van der Waals surface area contributed by atoms with E-state index in [4.69, 9.17) is 0 Å². The fourth-order valence-corrected chi connectivity index (χ4v) is 2.22. The first kappa shape index (κ1) is 13.2. The summed E-state index contributed by atoms with van der Waals surface area (Å²) in [4.78, 5) is 16.7. The van der Waals surface area contributed by atoms with E-state index in [0.717, 1.165) is 0 Å². The molecule has 2 nitrogen and oxygen atoms in total. The Kier molecular flexibility index (Phi) is 3.56. The molecule has 0 aliphatic carbocycles. The predicted octanol–water partition coefficient (Wildman–Crippen LogP) is 4.12. The van der Waals surface area contributed by atoms with Gasteiger partial charge in [-0.1, -0.05) is 42.5 Å². The molecule has 0 spiro atoms. The highest BCUT2D eigenvalue weighted by Crippen LogP contribution is 2.25. The van der Waals surface area contributed by atoms with Gasteiger partial charge >= 0.3 is 0 Å². The normalized spacial score (nSPS) is 10.3. The number of carbonyl (C=O) groups excluding carboxylic acids is 1. The van der Waals surface area contributed by atoms with E-state index < -0.39 is 0 Å². The fourth-order valence-electron chi connectivity index (χ4n) is 2.22. The van der Waals surface area contributed by atoms with Crippen LogP contribution in [0.5, 0.6) is 0 Å². The largest absolute Gasteiger partial charge is 0.287 e. The van der Waals surface area contributed by atoms with Gasteiger partial charge in [0.25, 0.3) is 0 Å². The smallest absolute Gasteiger partial charge is 0.211 e. The molecule has 0 atom stereocenters. The Bertz CT molecular complexity index is 784. The molecule has 0 aliphatic rings. The lowest BCUT2D eigenvalue weighted by Gasteiger charge is -2.08. The van der Waals surface area contributed by atoms with Crippen LogP contribution < -0.4 is 0 Å². The maximum atomic E-state index is 13.4. The third-order valence-corrected chi connectivity index (χ3v) is 3.20. The number of carbonyl (C=O) groups is 1. The van der Waals surface area contributed by atoms with E-state index in [1.54, 1.807) is 48.7 Å². The van der Waals surface area contributed by atoms with Crippen molar-refractivity contribution in [3.8, 4) is 11.1 Å². The van der Waals surface area contributed by atoms with Gasteiger partial charge in [-0.15, -0.1) is 0 Å². The summed E-state index contributed by atoms with van der Waals surface area (Å²) in [7, 11) is 0. The first-order valence-electron chi connectivity index (χ1n) is 6.56. The zero-order chi connectivity index (χ0) is 14.7. The van der Waals surface area contributed by atoms with Gasteiger partial charge in [-0.05, 0) is 35.4 Å². The quantitative estimate of drug-likeness (QED) is 0.674. The molecule has 1 heterocycles. The van der Waals surface area contributed by atoms with E-state index in [-0.39, 0.29) is 11.6 Å². The van der Waals surface area contributed by atoms with Crippen LogP contribution in [0.1, 0.15) is 16.1 Å². The van der Waals surface area contributed by atoms with Crippen molar-refractivity contribution in [2.75, 3.05) is 0 Å². The SMILES string of the molecule is O=C(c1ccccn1)c1ccccc1-c1cccc(F)c1. The average Bonchev–Trinajstić information content (AvgIpc) is 2.55. The molecule has 3 aromatic rings. The van der Waals surface area contributed by atoms with Crippen molar-refractivity contribution < 1.29 is 9.18 Å². The monoisotopic (exact) mass is 277 g/mol. The van der Waals surface area contributed by atoms with E-state index in [9.17, 15) is 9.18 Å². The second kappa shape index (κ2) is 5.67. The van der Waals surface area contributed by atoms with Gasteiger partial charge in [0.15, 0.2) is 0 Å². The number of halogens is 1. The summed E-state index contributed by atoms with van der Waals surface area (Å²) in [5.41, 5.74) is 2.27. The molecule has 0 aliphatic heterocycles. The van der Waals surface area contributed by atoms with Crippen LogP contribution in [0.2, 0.25) is 0 Å². The minimum Gasteiger partial charge on any atom is -0.287 e. The first-order chi connectivity index (χ1) is 10.3. The molecule has 0 amide bonds. The number of hydrogen-bond donors (Lipinski definition) is 0. The van der Waals surface area contributed by atoms with Crippen molar-refractivity contribution in [2.45, 2.75) is 0 Å². The number of ketones is 1. The summed E-state index contributed by atoms with van der Waals surface area (Å²) in [6.45, 7) is 0. The number of hydrogen-bond acceptors (Lipinski definition) is 2. The first-order valence-corrected chi connectivity index (χ1v) is 6.56. The lowest BCUT2D eigenvalue weighted by molar-refractivity contribution is 0.103. The number of aromatic nitrogens is 1. The molecule has 0 radical (unpaired) electrons. The Morgan fingerprint density at radius 1 is 0.905 bits per heavy atom. The number of pyridine rings is 1. The molecular formula is C18H12FNO. The predicted molar refractivity (Wildman–Crippen MR) is 79.5 cm³/mol. The number of nitrogens with zero attached hydrogens (tertiary/aromatic N) is 1. The van der Waals surface area contributed by atoms with E-state index in [1.807, 2.05) is 12.1 Å². The third-order valence-electron chi connectivity index (χ3n) is 3.20. The van der Waals surface area contributed by atoms with Gasteiger partial charge in [0.2, 0.25) is 5.78 Å². The Morgan fingerprint density at radius 2 is 1.71 bits per heavy atom. The summed E-state index contributed by atoms with van der Waals surface area (Å²) < 4.78 is 13.4. The van der Waals surface area contributed by atoms with Gasteiger partial charge in [0.1, 0.15) is 11.5 Å². The molecule has 0 N–H and O–H groups in total. The van der Waals surface area contributed by atoms with Crippen LogP contribution in [0.4, 0.5) is 4.39 Å². The lowest BCUT2D eigenvalue weighted by Crippen LogP contribution is -2.05. The van der Waals surface area contributed by atoms with E-state index in [0.29, 0.717) is 22.4 Å². The molecule has 0 bridgehead atoms. The van der Waals surface area contributed by atoms with E-state index >= 15 is 0 Å². The molecule has 3 heteroatoms. The molecule has 3 rings (SSSR count). The zero-order valence-electron chi connectivity index (χ0n) is 11.2. The molecule has 21 heavy (non-hydrogen) atoms. The second-order valence-corrected chi connectivity index (χ2v) is 4.60. The van der Waals surface area contributed by atoms with Crippen molar-refractivity contribution >= 4 is 5.78 Å². The Labute approximate surface area is 121 Å². The van der Waals surface area contributed by atoms with Crippen LogP contribution in [-0.4, -0.2) is 10.8 Å². The van der Waals surface area contributed by atoms with Gasteiger partial charge in [-0.3, -0.25) is 9.78 Å². The minimum absolute atomic E-state index is 0.171. The van der Waals surface area contributed by atoms with Gasteiger partial charge in [-0.25, -0.2) is 4.39 Å². The standard InChI is InChI=1S/C18H12FNO/c19-14-7-5-6-13(12-14)15-8-1-2-9-16(15)18(21)17-10-3-4-11-20-17/h1-12H. The van der Waals surface area contributed by atoms with Gasteiger partial charge in [0, 0.05) is 11.8 Å². The van der Waals surface area contributed by atoms with Crippen molar-refractivity contribution in [3.63, 3.8) is 0 Å². The van der Waals surface area contributed by atoms with Crippen molar-refractivity contribution in [1.82, 2.24) is 4.98 Å². The highest BCUT2D eigenvalue weighted by molar-refractivity contribution is 6.11. The van der Waals surface area contributed by atoms with Gasteiger partial charge < -0.3 is 0 Å². The van der Waals surface area contributed by atoms with Crippen LogP contribution in [0.15, 0.2) is 72.9 Å². The molecule has 0 saturated heterocycles. The van der Waals surface area contributed by atoms with E-state index in [1.165, 1.54) is 12.1 Å². The summed E-state index contributed by atoms with van der Waals surface area (Å²) in [5, 5.41) is 0. The molecule has 102 valence electrons. The van der Waals surface area contributed by atoms with Crippen molar-refractivity contribution in [3.05, 3.63) is 90.0 Å².